The molecule has 3 rings (SSSR count). The average molecular weight is 310 g/mol. The van der Waals surface area contributed by atoms with Gasteiger partial charge in [-0.15, -0.1) is 0 Å². The van der Waals surface area contributed by atoms with Crippen molar-refractivity contribution in [1.29, 1.82) is 0 Å². The van der Waals surface area contributed by atoms with Crippen molar-refractivity contribution < 1.29 is 13.9 Å². The van der Waals surface area contributed by atoms with Gasteiger partial charge in [-0.3, -0.25) is 9.78 Å². The lowest BCUT2D eigenvalue weighted by atomic mass is 10.2. The zero-order chi connectivity index (χ0) is 16.2. The molecule has 1 amide bonds. The van der Waals surface area contributed by atoms with E-state index in [2.05, 4.69) is 10.3 Å². The van der Waals surface area contributed by atoms with E-state index in [0.29, 0.717) is 29.3 Å². The molecule has 2 aromatic heterocycles. The topological polar surface area (TPSA) is 64.4 Å². The van der Waals surface area contributed by atoms with Gasteiger partial charge in [0.05, 0.1) is 12.6 Å². The number of carbonyl (C=O) groups excluding carboxylic acids is 1. The maximum absolute atomic E-state index is 12.2. The van der Waals surface area contributed by atoms with Crippen molar-refractivity contribution in [3.8, 4) is 5.75 Å². The van der Waals surface area contributed by atoms with Crippen LogP contribution in [0.2, 0.25) is 0 Å². The van der Waals surface area contributed by atoms with Gasteiger partial charge in [0.25, 0.3) is 5.91 Å². The van der Waals surface area contributed by atoms with E-state index in [9.17, 15) is 4.79 Å². The predicted molar refractivity (Wildman–Crippen MR) is 87.5 cm³/mol. The predicted octanol–water partition coefficient (Wildman–Crippen LogP) is 3.72. The summed E-state index contributed by atoms with van der Waals surface area (Å²) in [5.74, 6) is 1.24. The van der Waals surface area contributed by atoms with Crippen molar-refractivity contribution in [2.24, 2.45) is 0 Å². The number of fused-ring (bicyclic) bond motifs is 1. The van der Waals surface area contributed by atoms with E-state index in [1.807, 2.05) is 38.1 Å². The highest BCUT2D eigenvalue weighted by molar-refractivity contribution is 5.94. The standard InChI is InChI=1S/C18H18N2O3/c1-3-22-15-6-4-5-14-11-16(23-17(14)15)12(2)20-18(21)13-7-9-19-10-8-13/h4-12H,3H2,1-2H3,(H,20,21). The molecule has 1 aromatic carbocycles. The monoisotopic (exact) mass is 310 g/mol. The number of pyridine rings is 1. The number of carbonyl (C=O) groups is 1. The highest BCUT2D eigenvalue weighted by atomic mass is 16.5. The molecule has 0 radical (unpaired) electrons. The van der Waals surface area contributed by atoms with Crippen molar-refractivity contribution in [3.05, 3.63) is 60.1 Å². The third kappa shape index (κ3) is 3.18. The summed E-state index contributed by atoms with van der Waals surface area (Å²) in [5.41, 5.74) is 1.27. The first kappa shape index (κ1) is 15.1. The molecule has 0 fully saturated rings. The lowest BCUT2D eigenvalue weighted by molar-refractivity contribution is 0.0935. The fourth-order valence-electron chi connectivity index (χ4n) is 2.39. The second-order valence-corrected chi connectivity index (χ2v) is 5.19. The van der Waals surface area contributed by atoms with Gasteiger partial charge in [0.1, 0.15) is 5.76 Å². The summed E-state index contributed by atoms with van der Waals surface area (Å²) >= 11 is 0. The summed E-state index contributed by atoms with van der Waals surface area (Å²) in [6.45, 7) is 4.39. The van der Waals surface area contributed by atoms with Crippen LogP contribution in [0.1, 0.15) is 36.0 Å². The van der Waals surface area contributed by atoms with Crippen LogP contribution in [0.5, 0.6) is 5.75 Å². The van der Waals surface area contributed by atoms with E-state index < -0.39 is 0 Å². The third-order valence-electron chi connectivity index (χ3n) is 3.54. The molecule has 5 nitrogen and oxygen atoms in total. The van der Waals surface area contributed by atoms with Gasteiger partial charge in [0.15, 0.2) is 11.3 Å². The number of amides is 1. The summed E-state index contributed by atoms with van der Waals surface area (Å²) in [4.78, 5) is 16.1. The minimum Gasteiger partial charge on any atom is -0.490 e. The first-order valence-corrected chi connectivity index (χ1v) is 7.55. The summed E-state index contributed by atoms with van der Waals surface area (Å²) in [5, 5.41) is 3.88. The van der Waals surface area contributed by atoms with Crippen LogP contribution in [0.3, 0.4) is 0 Å². The molecule has 0 aliphatic carbocycles. The molecule has 1 N–H and O–H groups in total. The summed E-state index contributed by atoms with van der Waals surface area (Å²) < 4.78 is 11.5. The molecule has 0 saturated heterocycles. The van der Waals surface area contributed by atoms with Gasteiger partial charge < -0.3 is 14.5 Å². The number of para-hydroxylation sites is 1. The Labute approximate surface area is 134 Å². The van der Waals surface area contributed by atoms with Crippen molar-refractivity contribution in [1.82, 2.24) is 10.3 Å². The van der Waals surface area contributed by atoms with Crippen LogP contribution < -0.4 is 10.1 Å². The van der Waals surface area contributed by atoms with Gasteiger partial charge in [0.2, 0.25) is 0 Å². The molecule has 0 saturated carbocycles. The molecule has 0 aliphatic heterocycles. The maximum atomic E-state index is 12.2. The van der Waals surface area contributed by atoms with Crippen molar-refractivity contribution in [2.45, 2.75) is 19.9 Å². The smallest absolute Gasteiger partial charge is 0.251 e. The van der Waals surface area contributed by atoms with Gasteiger partial charge in [-0.05, 0) is 38.1 Å². The lowest BCUT2D eigenvalue weighted by Crippen LogP contribution is -2.26. The Morgan fingerprint density at radius 3 is 2.83 bits per heavy atom. The van der Waals surface area contributed by atoms with Gasteiger partial charge in [-0.25, -0.2) is 0 Å². The van der Waals surface area contributed by atoms with Crippen LogP contribution >= 0.6 is 0 Å². The highest BCUT2D eigenvalue weighted by Gasteiger charge is 2.16. The number of hydrogen-bond acceptors (Lipinski definition) is 4. The minimum atomic E-state index is -0.252. The molecular weight excluding hydrogens is 292 g/mol. The van der Waals surface area contributed by atoms with E-state index in [1.54, 1.807) is 24.5 Å². The lowest BCUT2D eigenvalue weighted by Gasteiger charge is -2.11. The molecule has 1 atom stereocenters. The van der Waals surface area contributed by atoms with E-state index in [4.69, 9.17) is 9.15 Å². The number of hydrogen-bond donors (Lipinski definition) is 1. The molecule has 0 bridgehead atoms. The Hall–Kier alpha value is -2.82. The number of rotatable bonds is 5. The first-order valence-electron chi connectivity index (χ1n) is 7.55. The van der Waals surface area contributed by atoms with Crippen molar-refractivity contribution in [3.63, 3.8) is 0 Å². The van der Waals surface area contributed by atoms with Gasteiger partial charge in [-0.2, -0.15) is 0 Å². The van der Waals surface area contributed by atoms with E-state index in [-0.39, 0.29) is 11.9 Å². The number of nitrogens with one attached hydrogen (secondary N) is 1. The number of ether oxygens (including phenoxy) is 1. The quantitative estimate of drug-likeness (QED) is 0.780. The van der Waals surface area contributed by atoms with Crippen LogP contribution in [0, 0.1) is 0 Å². The Bertz CT molecular complexity index is 812. The van der Waals surface area contributed by atoms with Crippen LogP contribution in [0.4, 0.5) is 0 Å². The Balaban J connectivity index is 1.82. The van der Waals surface area contributed by atoms with Gasteiger partial charge in [-0.1, -0.05) is 12.1 Å². The zero-order valence-electron chi connectivity index (χ0n) is 13.1. The van der Waals surface area contributed by atoms with Crippen molar-refractivity contribution >= 4 is 16.9 Å². The van der Waals surface area contributed by atoms with Crippen LogP contribution in [-0.2, 0) is 0 Å². The van der Waals surface area contributed by atoms with Gasteiger partial charge >= 0.3 is 0 Å². The van der Waals surface area contributed by atoms with E-state index in [1.165, 1.54) is 0 Å². The molecule has 3 aromatic rings. The summed E-state index contributed by atoms with van der Waals surface area (Å²) in [7, 11) is 0. The second-order valence-electron chi connectivity index (χ2n) is 5.19. The van der Waals surface area contributed by atoms with Crippen molar-refractivity contribution in [2.75, 3.05) is 6.61 Å². The van der Waals surface area contributed by atoms with Gasteiger partial charge in [0, 0.05) is 23.3 Å². The molecule has 1 unspecified atom stereocenters. The highest BCUT2D eigenvalue weighted by Crippen LogP contribution is 2.31. The van der Waals surface area contributed by atoms with E-state index in [0.717, 1.165) is 5.39 Å². The Morgan fingerprint density at radius 2 is 2.09 bits per heavy atom. The molecule has 2 heterocycles. The summed E-state index contributed by atoms with van der Waals surface area (Å²) in [6.07, 6.45) is 3.18. The normalized spacial score (nSPS) is 12.1. The molecular formula is C18H18N2O3. The molecule has 5 heteroatoms. The first-order chi connectivity index (χ1) is 11.2. The number of benzene rings is 1. The van der Waals surface area contributed by atoms with Crippen LogP contribution in [-0.4, -0.2) is 17.5 Å². The zero-order valence-corrected chi connectivity index (χ0v) is 13.1. The second kappa shape index (κ2) is 6.52. The summed E-state index contributed by atoms with van der Waals surface area (Å²) in [6, 6.07) is 10.8. The fourth-order valence-corrected chi connectivity index (χ4v) is 2.39. The molecule has 0 spiro atoms. The number of furan rings is 1. The third-order valence-corrected chi connectivity index (χ3v) is 3.54. The van der Waals surface area contributed by atoms with E-state index >= 15 is 0 Å². The largest absolute Gasteiger partial charge is 0.490 e. The molecule has 0 aliphatic rings. The fraction of sp³-hybridized carbons (Fsp3) is 0.222. The van der Waals surface area contributed by atoms with Crippen LogP contribution in [0.25, 0.3) is 11.0 Å². The van der Waals surface area contributed by atoms with Crippen LogP contribution in [0.15, 0.2) is 53.2 Å². The SMILES string of the molecule is CCOc1cccc2cc(C(C)NC(=O)c3ccncc3)oc12. The maximum Gasteiger partial charge on any atom is 0.251 e. The number of aromatic nitrogens is 1. The Kier molecular flexibility index (Phi) is 4.28. The average Bonchev–Trinajstić information content (AvgIpc) is 3.01. The Morgan fingerprint density at radius 1 is 1.30 bits per heavy atom. The number of nitrogens with zero attached hydrogens (tertiary/aromatic N) is 1. The molecule has 118 valence electrons. The molecule has 23 heavy (non-hydrogen) atoms. The minimum absolute atomic E-state index is 0.162.